The van der Waals surface area contributed by atoms with Gasteiger partial charge in [0.15, 0.2) is 0 Å². The zero-order chi connectivity index (χ0) is 40.7. The summed E-state index contributed by atoms with van der Waals surface area (Å²) in [5.41, 5.74) is 8.95. The van der Waals surface area contributed by atoms with Crippen LogP contribution in [0.4, 0.5) is 0 Å². The fraction of sp³-hybridized carbons (Fsp3) is 0.292. The summed E-state index contributed by atoms with van der Waals surface area (Å²) < 4.78 is 12.4. The Labute approximate surface area is 344 Å². The molecule has 3 aliphatic rings. The van der Waals surface area contributed by atoms with Crippen LogP contribution >= 0.6 is 0 Å². The first-order valence-corrected chi connectivity index (χ1v) is 20.4. The Morgan fingerprint density at radius 3 is 2.22 bits per heavy atom. The Morgan fingerprint density at radius 2 is 1.53 bits per heavy atom. The van der Waals surface area contributed by atoms with Gasteiger partial charge in [-0.2, -0.15) is 0 Å². The molecule has 5 aromatic rings. The standard InChI is InChI=1S/C48H49N5O6/c1-2-40(34-7-4-3-5-8-34)46(35-12-17-38(54)18-13-35)36-14-19-39(20-15-36)58-28-27-51-23-25-52(26-24-51)30-37-16-11-33(29-49-37)32-59-44-10-6-9-41-42(44)31-53(48(41)57)43-21-22-45(55)50-47(43)56/h3-20,29,43,54H,2,21-28,30-32H2,1H3,(H,50,55,56)/b46-40-. The lowest BCUT2D eigenvalue weighted by Crippen LogP contribution is -2.52. The van der Waals surface area contributed by atoms with Crippen LogP contribution in [0.1, 0.15) is 70.1 Å². The van der Waals surface area contributed by atoms with E-state index in [1.165, 1.54) is 16.0 Å². The van der Waals surface area contributed by atoms with E-state index < -0.39 is 11.9 Å². The lowest BCUT2D eigenvalue weighted by molar-refractivity contribution is -0.136. The van der Waals surface area contributed by atoms with Crippen molar-refractivity contribution in [2.45, 2.75) is 51.9 Å². The van der Waals surface area contributed by atoms with Gasteiger partial charge in [-0.3, -0.25) is 34.5 Å². The van der Waals surface area contributed by atoms with E-state index in [0.29, 0.717) is 30.9 Å². The molecule has 302 valence electrons. The van der Waals surface area contributed by atoms with E-state index in [2.05, 4.69) is 58.4 Å². The Kier molecular flexibility index (Phi) is 12.1. The van der Waals surface area contributed by atoms with Gasteiger partial charge in [0.25, 0.3) is 5.91 Å². The molecule has 0 bridgehead atoms. The van der Waals surface area contributed by atoms with Gasteiger partial charge in [0.1, 0.15) is 36.5 Å². The number of hydrogen-bond acceptors (Lipinski definition) is 9. The number of imide groups is 1. The molecular weight excluding hydrogens is 743 g/mol. The van der Waals surface area contributed by atoms with E-state index in [1.54, 1.807) is 24.3 Å². The van der Waals surface area contributed by atoms with E-state index in [-0.39, 0.29) is 30.5 Å². The molecule has 2 saturated heterocycles. The number of nitrogens with one attached hydrogen (secondary N) is 1. The van der Waals surface area contributed by atoms with Gasteiger partial charge in [0.2, 0.25) is 11.8 Å². The summed E-state index contributed by atoms with van der Waals surface area (Å²) in [7, 11) is 0. The van der Waals surface area contributed by atoms with Crippen LogP contribution in [0.15, 0.2) is 115 Å². The van der Waals surface area contributed by atoms with Crippen molar-refractivity contribution in [1.82, 2.24) is 25.0 Å². The monoisotopic (exact) mass is 791 g/mol. The highest BCUT2D eigenvalue weighted by Crippen LogP contribution is 2.36. The van der Waals surface area contributed by atoms with Crippen LogP contribution in [-0.4, -0.2) is 87.9 Å². The number of fused-ring (bicyclic) bond motifs is 1. The smallest absolute Gasteiger partial charge is 0.255 e. The van der Waals surface area contributed by atoms with Crippen LogP contribution in [0.5, 0.6) is 17.2 Å². The Bertz CT molecular complexity index is 2300. The van der Waals surface area contributed by atoms with E-state index in [4.69, 9.17) is 14.5 Å². The van der Waals surface area contributed by atoms with Gasteiger partial charge in [0.05, 0.1) is 12.2 Å². The van der Waals surface area contributed by atoms with Crippen LogP contribution in [0.3, 0.4) is 0 Å². The summed E-state index contributed by atoms with van der Waals surface area (Å²) in [5.74, 6) is 0.743. The van der Waals surface area contributed by atoms with Gasteiger partial charge in [0, 0.05) is 68.6 Å². The number of benzene rings is 4. The molecule has 1 atom stereocenters. The van der Waals surface area contributed by atoms with Crippen molar-refractivity contribution in [1.29, 1.82) is 0 Å². The predicted molar refractivity (Wildman–Crippen MR) is 225 cm³/mol. The number of phenols is 1. The molecule has 1 aromatic heterocycles. The fourth-order valence-electron chi connectivity index (χ4n) is 8.21. The summed E-state index contributed by atoms with van der Waals surface area (Å²) in [4.78, 5) is 48.4. The molecule has 0 radical (unpaired) electrons. The number of piperidine rings is 1. The molecule has 4 aromatic carbocycles. The zero-order valence-electron chi connectivity index (χ0n) is 33.3. The van der Waals surface area contributed by atoms with Crippen molar-refractivity contribution < 1.29 is 29.0 Å². The second-order valence-corrected chi connectivity index (χ2v) is 15.2. The number of aromatic hydroxyl groups is 1. The molecule has 3 aliphatic heterocycles. The number of rotatable bonds is 14. The number of phenolic OH excluding ortho intramolecular Hbond substituents is 1. The van der Waals surface area contributed by atoms with Crippen LogP contribution in [0, 0.1) is 0 Å². The quantitative estimate of drug-likeness (QED) is 0.0936. The van der Waals surface area contributed by atoms with E-state index in [9.17, 15) is 19.5 Å². The first-order chi connectivity index (χ1) is 28.8. The van der Waals surface area contributed by atoms with Gasteiger partial charge >= 0.3 is 0 Å². The Balaban J connectivity index is 0.791. The molecule has 3 amide bonds. The minimum absolute atomic E-state index is 0.215. The summed E-state index contributed by atoms with van der Waals surface area (Å²) in [5, 5.41) is 12.3. The summed E-state index contributed by atoms with van der Waals surface area (Å²) in [6, 6.07) is 35.0. The van der Waals surface area contributed by atoms with Crippen molar-refractivity contribution in [3.8, 4) is 17.2 Å². The Hall–Kier alpha value is -6.30. The third kappa shape index (κ3) is 9.22. The van der Waals surface area contributed by atoms with Gasteiger partial charge < -0.3 is 19.5 Å². The molecule has 2 fully saturated rings. The first-order valence-electron chi connectivity index (χ1n) is 20.4. The van der Waals surface area contributed by atoms with Gasteiger partial charge in [-0.05, 0) is 83.1 Å². The highest BCUT2D eigenvalue weighted by atomic mass is 16.5. The van der Waals surface area contributed by atoms with Crippen LogP contribution in [0.25, 0.3) is 11.1 Å². The summed E-state index contributed by atoms with van der Waals surface area (Å²) in [6.45, 7) is 8.78. The molecule has 59 heavy (non-hydrogen) atoms. The molecule has 0 aliphatic carbocycles. The molecule has 0 saturated carbocycles. The molecular formula is C48H49N5O6. The van der Waals surface area contributed by atoms with Crippen molar-refractivity contribution in [3.05, 3.63) is 154 Å². The number of carbonyl (C=O) groups excluding carboxylic acids is 3. The number of nitrogens with zero attached hydrogens (tertiary/aromatic N) is 4. The lowest BCUT2D eigenvalue weighted by atomic mass is 9.88. The normalized spacial score (nSPS) is 17.7. The van der Waals surface area contributed by atoms with Gasteiger partial charge in [-0.15, -0.1) is 0 Å². The second kappa shape index (κ2) is 18.1. The number of pyridine rings is 1. The molecule has 11 heteroatoms. The highest BCUT2D eigenvalue weighted by Gasteiger charge is 2.40. The van der Waals surface area contributed by atoms with Crippen molar-refractivity contribution >= 4 is 28.9 Å². The number of carbonyl (C=O) groups is 3. The molecule has 2 N–H and O–H groups in total. The van der Waals surface area contributed by atoms with Gasteiger partial charge in [-0.1, -0.05) is 73.7 Å². The SMILES string of the molecule is CC/C(=C(\c1ccc(O)cc1)c1ccc(OCCN2CCN(Cc3ccc(COc4cccc5c4CN(C4CCC(=O)NC4=O)C5=O)cn3)CC2)cc1)c1ccccc1. The maximum atomic E-state index is 13.2. The Morgan fingerprint density at radius 1 is 0.797 bits per heavy atom. The lowest BCUT2D eigenvalue weighted by Gasteiger charge is -2.34. The van der Waals surface area contributed by atoms with E-state index in [1.807, 2.05) is 54.7 Å². The second-order valence-electron chi connectivity index (χ2n) is 15.2. The first kappa shape index (κ1) is 39.5. The molecule has 1 unspecified atom stereocenters. The number of aromatic nitrogens is 1. The number of hydrogen-bond donors (Lipinski definition) is 2. The topological polar surface area (TPSA) is 125 Å². The summed E-state index contributed by atoms with van der Waals surface area (Å²) in [6.07, 6.45) is 3.24. The molecule has 0 spiro atoms. The molecule has 8 rings (SSSR count). The van der Waals surface area contributed by atoms with Crippen LogP contribution in [-0.2, 0) is 29.3 Å². The predicted octanol–water partition coefficient (Wildman–Crippen LogP) is 6.69. The van der Waals surface area contributed by atoms with Crippen molar-refractivity contribution in [2.75, 3.05) is 39.3 Å². The molecule has 11 nitrogen and oxygen atoms in total. The number of ether oxygens (including phenoxy) is 2. The van der Waals surface area contributed by atoms with E-state index >= 15 is 0 Å². The minimum Gasteiger partial charge on any atom is -0.508 e. The van der Waals surface area contributed by atoms with Crippen molar-refractivity contribution in [3.63, 3.8) is 0 Å². The number of allylic oxidation sites excluding steroid dienone is 1. The maximum Gasteiger partial charge on any atom is 0.255 e. The van der Waals surface area contributed by atoms with Crippen LogP contribution < -0.4 is 14.8 Å². The highest BCUT2D eigenvalue weighted by molar-refractivity contribution is 6.05. The third-order valence-corrected chi connectivity index (χ3v) is 11.4. The fourth-order valence-corrected chi connectivity index (χ4v) is 8.21. The van der Waals surface area contributed by atoms with Crippen molar-refractivity contribution in [2.24, 2.45) is 0 Å². The minimum atomic E-state index is -0.666. The number of piperazine rings is 1. The molecule has 4 heterocycles. The van der Waals surface area contributed by atoms with Crippen LogP contribution in [0.2, 0.25) is 0 Å². The largest absolute Gasteiger partial charge is 0.508 e. The summed E-state index contributed by atoms with van der Waals surface area (Å²) >= 11 is 0. The zero-order valence-corrected chi connectivity index (χ0v) is 33.3. The average Bonchev–Trinajstić information content (AvgIpc) is 3.60. The maximum absolute atomic E-state index is 13.2. The average molecular weight is 792 g/mol. The van der Waals surface area contributed by atoms with E-state index in [0.717, 1.165) is 85.0 Å². The number of amides is 3. The van der Waals surface area contributed by atoms with Gasteiger partial charge in [-0.25, -0.2) is 0 Å². The third-order valence-electron chi connectivity index (χ3n) is 11.4.